The first-order valence-corrected chi connectivity index (χ1v) is 7.32. The summed E-state index contributed by atoms with van der Waals surface area (Å²) in [5.74, 6) is -1.24. The van der Waals surface area contributed by atoms with Gasteiger partial charge in [-0.2, -0.15) is 0 Å². The van der Waals surface area contributed by atoms with E-state index < -0.39 is 16.8 Å². The number of nitro groups is 1. The van der Waals surface area contributed by atoms with Crippen LogP contribution < -0.4 is 4.74 Å². The van der Waals surface area contributed by atoms with Gasteiger partial charge in [0.25, 0.3) is 5.91 Å². The summed E-state index contributed by atoms with van der Waals surface area (Å²) in [5, 5.41) is 11.0. The van der Waals surface area contributed by atoms with Crippen molar-refractivity contribution < 1.29 is 23.6 Å². The molecule has 0 aromatic heterocycles. The normalized spacial score (nSPS) is 22.5. The predicted molar refractivity (Wildman–Crippen MR) is 79.7 cm³/mol. The van der Waals surface area contributed by atoms with Gasteiger partial charge in [-0.05, 0) is 26.8 Å². The topological polar surface area (TPSA) is 81.9 Å². The van der Waals surface area contributed by atoms with Crippen molar-refractivity contribution in [3.63, 3.8) is 0 Å². The van der Waals surface area contributed by atoms with Gasteiger partial charge in [-0.3, -0.25) is 14.9 Å². The SMILES string of the molecule is C[C@@H]1CN(C(=O)[C@H](C)Oc2cc(F)ccc2[N+](=O)[O-])C[C@@H](C)O1. The summed E-state index contributed by atoms with van der Waals surface area (Å²) in [4.78, 5) is 24.3. The third-order valence-corrected chi connectivity index (χ3v) is 3.50. The van der Waals surface area contributed by atoms with Crippen LogP contribution in [0.3, 0.4) is 0 Å². The standard InChI is InChI=1S/C15H19FN2O5/c1-9-7-17(8-10(2)22-9)15(19)11(3)23-14-6-12(16)4-5-13(14)18(20)21/h4-6,9-11H,7-8H2,1-3H3/t9-,10-,11+/m1/s1. The number of rotatable bonds is 4. The number of hydrogen-bond donors (Lipinski definition) is 0. The third-order valence-electron chi connectivity index (χ3n) is 3.50. The first kappa shape index (κ1) is 17.1. The molecule has 23 heavy (non-hydrogen) atoms. The number of nitro benzene ring substituents is 1. The maximum atomic E-state index is 13.3. The lowest BCUT2D eigenvalue weighted by Crippen LogP contribution is -2.51. The van der Waals surface area contributed by atoms with Gasteiger partial charge >= 0.3 is 5.69 Å². The Morgan fingerprint density at radius 2 is 2.04 bits per heavy atom. The van der Waals surface area contributed by atoms with E-state index in [2.05, 4.69) is 0 Å². The van der Waals surface area contributed by atoms with Gasteiger partial charge in [0.2, 0.25) is 5.75 Å². The maximum absolute atomic E-state index is 13.3. The van der Waals surface area contributed by atoms with Crippen molar-refractivity contribution in [2.24, 2.45) is 0 Å². The zero-order chi connectivity index (χ0) is 17.1. The second kappa shape index (κ2) is 6.91. The number of nitrogens with zero attached hydrogens (tertiary/aromatic N) is 2. The summed E-state index contributed by atoms with van der Waals surface area (Å²) in [6.07, 6.45) is -1.16. The molecule has 0 spiro atoms. The van der Waals surface area contributed by atoms with E-state index in [1.807, 2.05) is 13.8 Å². The van der Waals surface area contributed by atoms with Crippen LogP contribution in [0.25, 0.3) is 0 Å². The molecule has 1 aliphatic rings. The van der Waals surface area contributed by atoms with Gasteiger partial charge in [-0.1, -0.05) is 0 Å². The molecule has 1 heterocycles. The molecule has 3 atom stereocenters. The Morgan fingerprint density at radius 1 is 1.43 bits per heavy atom. The summed E-state index contributed by atoms with van der Waals surface area (Å²) in [5.41, 5.74) is -0.380. The molecule has 7 nitrogen and oxygen atoms in total. The van der Waals surface area contributed by atoms with Gasteiger partial charge < -0.3 is 14.4 Å². The van der Waals surface area contributed by atoms with Gasteiger partial charge in [-0.25, -0.2) is 4.39 Å². The van der Waals surface area contributed by atoms with Gasteiger partial charge in [0.1, 0.15) is 5.82 Å². The Morgan fingerprint density at radius 3 is 2.61 bits per heavy atom. The molecule has 1 fully saturated rings. The maximum Gasteiger partial charge on any atom is 0.311 e. The van der Waals surface area contributed by atoms with E-state index in [9.17, 15) is 19.3 Å². The van der Waals surface area contributed by atoms with E-state index in [4.69, 9.17) is 9.47 Å². The van der Waals surface area contributed by atoms with Crippen LogP contribution in [-0.4, -0.2) is 47.1 Å². The second-order valence-corrected chi connectivity index (χ2v) is 5.63. The fraction of sp³-hybridized carbons (Fsp3) is 0.533. The third kappa shape index (κ3) is 4.16. The van der Waals surface area contributed by atoms with Crippen LogP contribution in [0.5, 0.6) is 5.75 Å². The van der Waals surface area contributed by atoms with Crippen molar-refractivity contribution in [3.05, 3.63) is 34.1 Å². The lowest BCUT2D eigenvalue weighted by Gasteiger charge is -2.36. The van der Waals surface area contributed by atoms with Gasteiger partial charge in [0, 0.05) is 25.2 Å². The summed E-state index contributed by atoms with van der Waals surface area (Å²) >= 11 is 0. The minimum Gasteiger partial charge on any atom is -0.474 e. The van der Waals surface area contributed by atoms with E-state index in [1.165, 1.54) is 6.92 Å². The first-order chi connectivity index (χ1) is 10.8. The number of benzene rings is 1. The number of amides is 1. The van der Waals surface area contributed by atoms with Crippen LogP contribution >= 0.6 is 0 Å². The van der Waals surface area contributed by atoms with Gasteiger partial charge in [-0.15, -0.1) is 0 Å². The second-order valence-electron chi connectivity index (χ2n) is 5.63. The summed E-state index contributed by atoms with van der Waals surface area (Å²) in [7, 11) is 0. The summed E-state index contributed by atoms with van der Waals surface area (Å²) in [6, 6.07) is 2.90. The molecule has 1 aromatic rings. The number of carbonyl (C=O) groups excluding carboxylic acids is 1. The van der Waals surface area contributed by atoms with Crippen LogP contribution in [0.15, 0.2) is 18.2 Å². The minimum atomic E-state index is -0.965. The molecule has 8 heteroatoms. The molecule has 1 aromatic carbocycles. The molecule has 0 N–H and O–H groups in total. The minimum absolute atomic E-state index is 0.0987. The van der Waals surface area contributed by atoms with E-state index >= 15 is 0 Å². The van der Waals surface area contributed by atoms with Gasteiger partial charge in [0.05, 0.1) is 17.1 Å². The lowest BCUT2D eigenvalue weighted by molar-refractivity contribution is -0.386. The number of ether oxygens (including phenoxy) is 2. The fourth-order valence-corrected chi connectivity index (χ4v) is 2.59. The van der Waals surface area contributed by atoms with E-state index in [0.717, 1.165) is 18.2 Å². The lowest BCUT2D eigenvalue weighted by atomic mass is 10.2. The molecule has 2 rings (SSSR count). The van der Waals surface area contributed by atoms with Crippen molar-refractivity contribution in [1.29, 1.82) is 0 Å². The molecule has 1 amide bonds. The molecule has 0 bridgehead atoms. The molecule has 0 saturated carbocycles. The summed E-state index contributed by atoms with van der Waals surface area (Å²) in [6.45, 7) is 6.05. The highest BCUT2D eigenvalue weighted by Gasteiger charge is 2.30. The van der Waals surface area contributed by atoms with Crippen molar-refractivity contribution >= 4 is 11.6 Å². The summed E-state index contributed by atoms with van der Waals surface area (Å²) < 4.78 is 24.2. The Hall–Kier alpha value is -2.22. The Kier molecular flexibility index (Phi) is 5.15. The van der Waals surface area contributed by atoms with Crippen molar-refractivity contribution in [1.82, 2.24) is 4.90 Å². The Bertz CT molecular complexity index is 600. The average molecular weight is 326 g/mol. The van der Waals surface area contributed by atoms with Crippen molar-refractivity contribution in [2.45, 2.75) is 39.1 Å². The van der Waals surface area contributed by atoms with Crippen LogP contribution in [0, 0.1) is 15.9 Å². The molecular formula is C15H19FN2O5. The molecular weight excluding hydrogens is 307 g/mol. The molecule has 1 saturated heterocycles. The molecule has 1 aliphatic heterocycles. The molecule has 126 valence electrons. The quantitative estimate of drug-likeness (QED) is 0.625. The predicted octanol–water partition coefficient (Wildman–Crippen LogP) is 2.14. The molecule has 0 aliphatic carbocycles. The fourth-order valence-electron chi connectivity index (χ4n) is 2.59. The van der Waals surface area contributed by atoms with Crippen LogP contribution in [0.4, 0.5) is 10.1 Å². The number of hydrogen-bond acceptors (Lipinski definition) is 5. The zero-order valence-electron chi connectivity index (χ0n) is 13.2. The Labute approximate surface area is 133 Å². The number of halogens is 1. The van der Waals surface area contributed by atoms with E-state index in [1.54, 1.807) is 4.90 Å². The highest BCUT2D eigenvalue weighted by Crippen LogP contribution is 2.28. The smallest absolute Gasteiger partial charge is 0.311 e. The van der Waals surface area contributed by atoms with Crippen LogP contribution in [0.2, 0.25) is 0 Å². The van der Waals surface area contributed by atoms with Crippen molar-refractivity contribution in [2.75, 3.05) is 13.1 Å². The average Bonchev–Trinajstić information content (AvgIpc) is 2.45. The molecule has 0 radical (unpaired) electrons. The van der Waals surface area contributed by atoms with E-state index in [0.29, 0.717) is 13.1 Å². The number of carbonyl (C=O) groups is 1. The molecule has 0 unspecified atom stereocenters. The van der Waals surface area contributed by atoms with Crippen molar-refractivity contribution in [3.8, 4) is 5.75 Å². The largest absolute Gasteiger partial charge is 0.474 e. The van der Waals surface area contributed by atoms with Crippen LogP contribution in [0.1, 0.15) is 20.8 Å². The Balaban J connectivity index is 2.12. The highest BCUT2D eigenvalue weighted by molar-refractivity contribution is 5.81. The number of morpholine rings is 1. The zero-order valence-corrected chi connectivity index (χ0v) is 13.2. The first-order valence-electron chi connectivity index (χ1n) is 7.32. The van der Waals surface area contributed by atoms with Crippen LogP contribution in [-0.2, 0) is 9.53 Å². The van der Waals surface area contributed by atoms with Gasteiger partial charge in [0.15, 0.2) is 6.10 Å². The monoisotopic (exact) mass is 326 g/mol. The highest BCUT2D eigenvalue weighted by atomic mass is 19.1. The van der Waals surface area contributed by atoms with E-state index in [-0.39, 0.29) is 29.6 Å².